The van der Waals surface area contributed by atoms with Crippen molar-refractivity contribution < 1.29 is 4.79 Å². The first-order chi connectivity index (χ1) is 7.74. The van der Waals surface area contributed by atoms with Gasteiger partial charge in [-0.15, -0.1) is 11.3 Å². The van der Waals surface area contributed by atoms with E-state index in [0.29, 0.717) is 0 Å². The molecule has 0 aliphatic rings. The van der Waals surface area contributed by atoms with E-state index in [1.165, 1.54) is 4.88 Å². The number of thiazole rings is 1. The summed E-state index contributed by atoms with van der Waals surface area (Å²) in [6, 6.07) is -0.218. The Morgan fingerprint density at radius 2 is 2.12 bits per heavy atom. The molecule has 0 aliphatic carbocycles. The Labute approximate surface area is 107 Å². The van der Waals surface area contributed by atoms with Gasteiger partial charge in [0.05, 0.1) is 11.6 Å². The van der Waals surface area contributed by atoms with Gasteiger partial charge in [-0.2, -0.15) is 0 Å². The molecule has 17 heavy (non-hydrogen) atoms. The predicted molar refractivity (Wildman–Crippen MR) is 71.2 cm³/mol. The first-order valence-electron chi connectivity index (χ1n) is 5.66. The second-order valence-corrected chi connectivity index (χ2v) is 6.23. The Bertz CT molecular complexity index is 398. The predicted octanol–water partition coefficient (Wildman–Crippen LogP) is 1.75. The zero-order chi connectivity index (χ0) is 13.2. The summed E-state index contributed by atoms with van der Waals surface area (Å²) >= 11 is 1.66. The van der Waals surface area contributed by atoms with E-state index in [1.54, 1.807) is 30.3 Å². The number of carbonyl (C=O) groups is 1. The summed E-state index contributed by atoms with van der Waals surface area (Å²) in [6.45, 7) is 8.01. The molecular formula is C12H21N3OS. The van der Waals surface area contributed by atoms with Crippen LogP contribution in [0.4, 0.5) is 0 Å². The van der Waals surface area contributed by atoms with Crippen LogP contribution in [0.25, 0.3) is 0 Å². The van der Waals surface area contributed by atoms with Gasteiger partial charge in [0.1, 0.15) is 5.01 Å². The number of amides is 1. The van der Waals surface area contributed by atoms with Gasteiger partial charge >= 0.3 is 0 Å². The second-order valence-electron chi connectivity index (χ2n) is 5.00. The van der Waals surface area contributed by atoms with Gasteiger partial charge in [0, 0.05) is 25.2 Å². The summed E-state index contributed by atoms with van der Waals surface area (Å²) in [5.74, 6) is 0.0753. The zero-order valence-corrected chi connectivity index (χ0v) is 12.2. The molecule has 0 fully saturated rings. The molecule has 0 unspecified atom stereocenters. The first-order valence-corrected chi connectivity index (χ1v) is 6.47. The fraction of sp³-hybridized carbons (Fsp3) is 0.667. The van der Waals surface area contributed by atoms with Gasteiger partial charge in [-0.05, 0) is 27.7 Å². The summed E-state index contributed by atoms with van der Waals surface area (Å²) in [5, 5.41) is 4.33. The average Bonchev–Trinajstić information content (AvgIpc) is 2.63. The maximum absolute atomic E-state index is 11.8. The molecule has 0 saturated carbocycles. The Hall–Kier alpha value is -0.940. The van der Waals surface area contributed by atoms with E-state index in [0.717, 1.165) is 5.01 Å². The van der Waals surface area contributed by atoms with Gasteiger partial charge in [0.2, 0.25) is 5.91 Å². The minimum Gasteiger partial charge on any atom is -0.347 e. The minimum atomic E-state index is -0.288. The molecule has 1 amide bonds. The van der Waals surface area contributed by atoms with Crippen LogP contribution >= 0.6 is 11.3 Å². The van der Waals surface area contributed by atoms with E-state index in [1.807, 2.05) is 33.9 Å². The van der Waals surface area contributed by atoms with Crippen LogP contribution in [0, 0.1) is 6.92 Å². The number of hydrogen-bond acceptors (Lipinski definition) is 4. The molecule has 4 nitrogen and oxygen atoms in total. The van der Waals surface area contributed by atoms with Crippen molar-refractivity contribution >= 4 is 17.2 Å². The van der Waals surface area contributed by atoms with Gasteiger partial charge in [-0.25, -0.2) is 4.98 Å². The third kappa shape index (κ3) is 3.51. The van der Waals surface area contributed by atoms with Crippen molar-refractivity contribution in [1.82, 2.24) is 15.2 Å². The highest BCUT2D eigenvalue weighted by molar-refractivity contribution is 7.11. The molecular weight excluding hydrogens is 234 g/mol. The molecule has 1 rings (SSSR count). The van der Waals surface area contributed by atoms with Gasteiger partial charge in [0.25, 0.3) is 0 Å². The number of nitrogens with one attached hydrogen (secondary N) is 1. The standard InChI is InChI=1S/C12H21N3OS/c1-8-7-13-11(17-8)12(3,4)14-9(2)10(16)15(5)6/h7,9,14H,1-6H3/t9-/m0/s1. The molecule has 0 aliphatic heterocycles. The lowest BCUT2D eigenvalue weighted by Crippen LogP contribution is -2.49. The van der Waals surface area contributed by atoms with E-state index < -0.39 is 0 Å². The van der Waals surface area contributed by atoms with Crippen molar-refractivity contribution in [1.29, 1.82) is 0 Å². The number of nitrogens with zero attached hydrogens (tertiary/aromatic N) is 2. The van der Waals surface area contributed by atoms with E-state index in [-0.39, 0.29) is 17.5 Å². The highest BCUT2D eigenvalue weighted by Crippen LogP contribution is 2.25. The SMILES string of the molecule is Cc1cnc(C(C)(C)N[C@@H](C)C(=O)N(C)C)s1. The molecule has 0 spiro atoms. The monoisotopic (exact) mass is 255 g/mol. The Kier molecular flexibility index (Phi) is 4.27. The van der Waals surface area contributed by atoms with Crippen molar-refractivity contribution in [2.24, 2.45) is 0 Å². The van der Waals surface area contributed by atoms with Crippen molar-refractivity contribution in [3.8, 4) is 0 Å². The van der Waals surface area contributed by atoms with Crippen LogP contribution in [0.2, 0.25) is 0 Å². The van der Waals surface area contributed by atoms with Crippen molar-refractivity contribution in [3.05, 3.63) is 16.1 Å². The normalized spacial score (nSPS) is 13.5. The van der Waals surface area contributed by atoms with Crippen molar-refractivity contribution in [2.45, 2.75) is 39.3 Å². The number of carbonyl (C=O) groups excluding carboxylic acids is 1. The number of likely N-dealkylation sites (N-methyl/N-ethyl adjacent to an activating group) is 1. The van der Waals surface area contributed by atoms with E-state index >= 15 is 0 Å². The molecule has 5 heteroatoms. The van der Waals surface area contributed by atoms with Crippen LogP contribution in [0.3, 0.4) is 0 Å². The van der Waals surface area contributed by atoms with E-state index in [2.05, 4.69) is 10.3 Å². The molecule has 1 aromatic heterocycles. The summed E-state index contributed by atoms with van der Waals surface area (Å²) in [6.07, 6.45) is 1.86. The summed E-state index contributed by atoms with van der Waals surface area (Å²) < 4.78 is 0. The first kappa shape index (κ1) is 14.1. The summed E-state index contributed by atoms with van der Waals surface area (Å²) in [4.78, 5) is 19.0. The largest absolute Gasteiger partial charge is 0.347 e. The minimum absolute atomic E-state index is 0.0753. The molecule has 0 radical (unpaired) electrons. The third-order valence-electron chi connectivity index (χ3n) is 2.54. The van der Waals surface area contributed by atoms with Crippen LogP contribution in [0.1, 0.15) is 30.7 Å². The lowest BCUT2D eigenvalue weighted by Gasteiger charge is -2.29. The molecule has 1 heterocycles. The third-order valence-corrected chi connectivity index (χ3v) is 3.78. The maximum atomic E-state index is 11.8. The zero-order valence-electron chi connectivity index (χ0n) is 11.4. The lowest BCUT2D eigenvalue weighted by atomic mass is 10.1. The van der Waals surface area contributed by atoms with Crippen LogP contribution in [0.15, 0.2) is 6.20 Å². The van der Waals surface area contributed by atoms with Crippen LogP contribution < -0.4 is 5.32 Å². The molecule has 0 bridgehead atoms. The van der Waals surface area contributed by atoms with E-state index in [4.69, 9.17) is 0 Å². The number of rotatable bonds is 4. The molecule has 0 aromatic carbocycles. The molecule has 96 valence electrons. The summed E-state index contributed by atoms with van der Waals surface area (Å²) in [7, 11) is 3.53. The van der Waals surface area contributed by atoms with Gasteiger partial charge in [-0.1, -0.05) is 0 Å². The average molecular weight is 255 g/mol. The smallest absolute Gasteiger partial charge is 0.238 e. The van der Waals surface area contributed by atoms with Gasteiger partial charge < -0.3 is 4.90 Å². The molecule has 1 N–H and O–H groups in total. The second kappa shape index (κ2) is 5.14. The van der Waals surface area contributed by atoms with Crippen LogP contribution in [-0.4, -0.2) is 35.9 Å². The topological polar surface area (TPSA) is 45.2 Å². The lowest BCUT2D eigenvalue weighted by molar-refractivity contribution is -0.131. The highest BCUT2D eigenvalue weighted by atomic mass is 32.1. The Morgan fingerprint density at radius 1 is 1.53 bits per heavy atom. The van der Waals surface area contributed by atoms with Gasteiger partial charge in [0.15, 0.2) is 0 Å². The van der Waals surface area contributed by atoms with Crippen LogP contribution in [-0.2, 0) is 10.3 Å². The van der Waals surface area contributed by atoms with Crippen molar-refractivity contribution in [3.63, 3.8) is 0 Å². The number of hydrogen-bond donors (Lipinski definition) is 1. The number of aryl methyl sites for hydroxylation is 1. The number of aromatic nitrogens is 1. The van der Waals surface area contributed by atoms with Gasteiger partial charge in [-0.3, -0.25) is 10.1 Å². The fourth-order valence-corrected chi connectivity index (χ4v) is 2.53. The molecule has 0 saturated heterocycles. The quantitative estimate of drug-likeness (QED) is 0.891. The fourth-order valence-electron chi connectivity index (χ4n) is 1.70. The molecule has 1 aromatic rings. The van der Waals surface area contributed by atoms with Crippen LogP contribution in [0.5, 0.6) is 0 Å². The summed E-state index contributed by atoms with van der Waals surface area (Å²) in [5.41, 5.74) is -0.288. The molecule has 1 atom stereocenters. The highest BCUT2D eigenvalue weighted by Gasteiger charge is 2.28. The maximum Gasteiger partial charge on any atom is 0.238 e. The Balaban J connectivity index is 2.76. The Morgan fingerprint density at radius 3 is 2.53 bits per heavy atom. The van der Waals surface area contributed by atoms with E-state index in [9.17, 15) is 4.79 Å². The van der Waals surface area contributed by atoms with Crippen molar-refractivity contribution in [2.75, 3.05) is 14.1 Å².